The highest BCUT2D eigenvalue weighted by molar-refractivity contribution is 6.30. The third-order valence-corrected chi connectivity index (χ3v) is 4.97. The summed E-state index contributed by atoms with van der Waals surface area (Å²) >= 11 is 6.04. The number of benzene rings is 1. The van der Waals surface area contributed by atoms with Gasteiger partial charge >= 0.3 is 0 Å². The third-order valence-electron chi connectivity index (χ3n) is 4.73. The molecule has 4 nitrogen and oxygen atoms in total. The average molecular weight is 361 g/mol. The van der Waals surface area contributed by atoms with Crippen molar-refractivity contribution in [1.82, 2.24) is 10.2 Å². The number of furan rings is 1. The van der Waals surface area contributed by atoms with Crippen molar-refractivity contribution in [3.63, 3.8) is 0 Å². The topological polar surface area (TPSA) is 45.5 Å². The molecule has 5 heteroatoms. The smallest absolute Gasteiger partial charge is 0.223 e. The maximum atomic E-state index is 12.3. The molecule has 0 unspecified atom stereocenters. The van der Waals surface area contributed by atoms with E-state index < -0.39 is 0 Å². The van der Waals surface area contributed by atoms with Crippen LogP contribution in [-0.2, 0) is 17.8 Å². The van der Waals surface area contributed by atoms with Gasteiger partial charge in [-0.1, -0.05) is 23.7 Å². The van der Waals surface area contributed by atoms with E-state index in [0.29, 0.717) is 6.54 Å². The van der Waals surface area contributed by atoms with E-state index in [1.54, 1.807) is 6.26 Å². The van der Waals surface area contributed by atoms with Crippen LogP contribution in [0, 0.1) is 5.92 Å². The number of rotatable bonds is 7. The van der Waals surface area contributed by atoms with E-state index in [1.807, 2.05) is 30.3 Å². The number of nitrogens with zero attached hydrogens (tertiary/aromatic N) is 1. The number of aryl methyl sites for hydroxylation is 1. The lowest BCUT2D eigenvalue weighted by Gasteiger charge is -2.31. The molecular formula is C20H25ClN2O2. The number of amides is 1. The van der Waals surface area contributed by atoms with E-state index in [-0.39, 0.29) is 11.8 Å². The molecule has 1 saturated heterocycles. The van der Waals surface area contributed by atoms with E-state index >= 15 is 0 Å². The molecule has 1 aromatic carbocycles. The minimum atomic E-state index is 0.138. The predicted molar refractivity (Wildman–Crippen MR) is 99.5 cm³/mol. The number of carbonyl (C=O) groups excluding carboxylic acids is 1. The lowest BCUT2D eigenvalue weighted by Crippen LogP contribution is -2.40. The fraction of sp³-hybridized carbons (Fsp3) is 0.450. The van der Waals surface area contributed by atoms with Gasteiger partial charge in [-0.2, -0.15) is 0 Å². The van der Waals surface area contributed by atoms with Gasteiger partial charge in [0.05, 0.1) is 6.26 Å². The Hall–Kier alpha value is -1.78. The van der Waals surface area contributed by atoms with Crippen molar-refractivity contribution in [3.8, 4) is 0 Å². The molecule has 0 spiro atoms. The number of hydrogen-bond donors (Lipinski definition) is 1. The zero-order valence-electron chi connectivity index (χ0n) is 14.4. The molecule has 25 heavy (non-hydrogen) atoms. The molecule has 0 saturated carbocycles. The Morgan fingerprint density at radius 1 is 1.24 bits per heavy atom. The first-order chi connectivity index (χ1) is 12.2. The van der Waals surface area contributed by atoms with Gasteiger partial charge in [0.15, 0.2) is 0 Å². The number of nitrogens with one attached hydrogen (secondary N) is 1. The third kappa shape index (κ3) is 5.62. The van der Waals surface area contributed by atoms with Crippen molar-refractivity contribution in [2.24, 2.45) is 5.92 Å². The van der Waals surface area contributed by atoms with Gasteiger partial charge in [0.1, 0.15) is 5.76 Å². The van der Waals surface area contributed by atoms with Crippen LogP contribution in [0.5, 0.6) is 0 Å². The molecular weight excluding hydrogens is 336 g/mol. The Labute approximate surface area is 154 Å². The predicted octanol–water partition coefficient (Wildman–Crippen LogP) is 3.89. The number of piperidine rings is 1. The lowest BCUT2D eigenvalue weighted by atomic mass is 9.95. The van der Waals surface area contributed by atoms with E-state index in [4.69, 9.17) is 16.0 Å². The monoisotopic (exact) mass is 360 g/mol. The zero-order chi connectivity index (χ0) is 17.5. The quantitative estimate of drug-likeness (QED) is 0.762. The number of likely N-dealkylation sites (tertiary alicyclic amines) is 1. The molecule has 0 radical (unpaired) electrons. The molecule has 1 aliphatic heterocycles. The molecule has 1 N–H and O–H groups in total. The van der Waals surface area contributed by atoms with E-state index in [0.717, 1.165) is 56.1 Å². The summed E-state index contributed by atoms with van der Waals surface area (Å²) in [5.74, 6) is 1.31. The molecule has 3 rings (SSSR count). The molecule has 134 valence electrons. The standard InChI is InChI=1S/C20H25ClN2O2/c21-18-5-1-4-16(14-18)15-23-11-8-17(9-12-23)20(24)22-10-2-6-19-7-3-13-25-19/h1,3-5,7,13-14,17H,2,6,8-12,15H2,(H,22,24). The van der Waals surface area contributed by atoms with Crippen LogP contribution < -0.4 is 5.32 Å². The minimum absolute atomic E-state index is 0.138. The fourth-order valence-electron chi connectivity index (χ4n) is 3.32. The molecule has 0 aliphatic carbocycles. The summed E-state index contributed by atoms with van der Waals surface area (Å²) < 4.78 is 5.30. The first kappa shape index (κ1) is 18.0. The highest BCUT2D eigenvalue weighted by Gasteiger charge is 2.24. The van der Waals surface area contributed by atoms with Crippen LogP contribution in [0.3, 0.4) is 0 Å². The number of carbonyl (C=O) groups is 1. The maximum Gasteiger partial charge on any atom is 0.223 e. The first-order valence-electron chi connectivity index (χ1n) is 8.97. The Bertz CT molecular complexity index is 664. The van der Waals surface area contributed by atoms with Gasteiger partial charge in [-0.3, -0.25) is 9.69 Å². The van der Waals surface area contributed by atoms with Crippen molar-refractivity contribution >= 4 is 17.5 Å². The summed E-state index contributed by atoms with van der Waals surface area (Å²) in [7, 11) is 0. The van der Waals surface area contributed by atoms with Crippen LogP contribution in [0.25, 0.3) is 0 Å². The Balaban J connectivity index is 1.34. The molecule has 0 bridgehead atoms. The van der Waals surface area contributed by atoms with Crippen molar-refractivity contribution in [1.29, 1.82) is 0 Å². The van der Waals surface area contributed by atoms with Gasteiger partial charge in [-0.05, 0) is 62.2 Å². The van der Waals surface area contributed by atoms with E-state index in [2.05, 4.69) is 16.3 Å². The SMILES string of the molecule is O=C(NCCCc1ccco1)C1CCN(Cc2cccc(Cl)c2)CC1. The van der Waals surface area contributed by atoms with Gasteiger partial charge in [-0.15, -0.1) is 0 Å². The number of hydrogen-bond acceptors (Lipinski definition) is 3. The Morgan fingerprint density at radius 3 is 2.80 bits per heavy atom. The van der Waals surface area contributed by atoms with E-state index in [1.165, 1.54) is 5.56 Å². The number of halogens is 1. The van der Waals surface area contributed by atoms with Crippen LogP contribution in [-0.4, -0.2) is 30.4 Å². The highest BCUT2D eigenvalue weighted by atomic mass is 35.5. The fourth-order valence-corrected chi connectivity index (χ4v) is 3.53. The van der Waals surface area contributed by atoms with Gasteiger partial charge in [0.2, 0.25) is 5.91 Å². The summed E-state index contributed by atoms with van der Waals surface area (Å²) in [6.07, 6.45) is 5.30. The normalized spacial score (nSPS) is 16.0. The van der Waals surface area contributed by atoms with Crippen LogP contribution in [0.15, 0.2) is 47.1 Å². The molecule has 2 heterocycles. The van der Waals surface area contributed by atoms with Crippen molar-refractivity contribution in [2.75, 3.05) is 19.6 Å². The summed E-state index contributed by atoms with van der Waals surface area (Å²) in [5, 5.41) is 3.85. The van der Waals surface area contributed by atoms with Crippen molar-refractivity contribution in [3.05, 3.63) is 59.0 Å². The average Bonchev–Trinajstić information content (AvgIpc) is 3.13. The second-order valence-corrected chi connectivity index (χ2v) is 7.09. The Morgan fingerprint density at radius 2 is 2.08 bits per heavy atom. The zero-order valence-corrected chi connectivity index (χ0v) is 15.2. The van der Waals surface area contributed by atoms with Gasteiger partial charge in [-0.25, -0.2) is 0 Å². The highest BCUT2D eigenvalue weighted by Crippen LogP contribution is 2.20. The summed E-state index contributed by atoms with van der Waals surface area (Å²) in [5.41, 5.74) is 1.23. The first-order valence-corrected chi connectivity index (χ1v) is 9.35. The summed E-state index contributed by atoms with van der Waals surface area (Å²) in [6, 6.07) is 11.9. The Kier molecular flexibility index (Phi) is 6.54. The maximum absolute atomic E-state index is 12.3. The second-order valence-electron chi connectivity index (χ2n) is 6.65. The van der Waals surface area contributed by atoms with Crippen molar-refractivity contribution < 1.29 is 9.21 Å². The summed E-state index contributed by atoms with van der Waals surface area (Å²) in [4.78, 5) is 14.7. The minimum Gasteiger partial charge on any atom is -0.469 e. The van der Waals surface area contributed by atoms with Gasteiger partial charge < -0.3 is 9.73 Å². The van der Waals surface area contributed by atoms with Gasteiger partial charge in [0.25, 0.3) is 0 Å². The van der Waals surface area contributed by atoms with Crippen LogP contribution in [0.4, 0.5) is 0 Å². The molecule has 0 atom stereocenters. The van der Waals surface area contributed by atoms with Crippen LogP contribution in [0.2, 0.25) is 5.02 Å². The van der Waals surface area contributed by atoms with E-state index in [9.17, 15) is 4.79 Å². The van der Waals surface area contributed by atoms with Crippen molar-refractivity contribution in [2.45, 2.75) is 32.2 Å². The lowest BCUT2D eigenvalue weighted by molar-refractivity contribution is -0.126. The molecule has 2 aromatic rings. The van der Waals surface area contributed by atoms with Crippen LogP contribution >= 0.6 is 11.6 Å². The molecule has 1 aromatic heterocycles. The molecule has 1 aliphatic rings. The largest absolute Gasteiger partial charge is 0.469 e. The molecule has 1 amide bonds. The second kappa shape index (κ2) is 9.07. The summed E-state index contributed by atoms with van der Waals surface area (Å²) in [6.45, 7) is 3.52. The van der Waals surface area contributed by atoms with Gasteiger partial charge in [0, 0.05) is 30.5 Å². The van der Waals surface area contributed by atoms with Crippen LogP contribution in [0.1, 0.15) is 30.6 Å². The molecule has 1 fully saturated rings.